The van der Waals surface area contributed by atoms with Gasteiger partial charge in [-0.15, -0.1) is 24.0 Å². The molecular formula is C20H36IN5O2. The van der Waals surface area contributed by atoms with Gasteiger partial charge >= 0.3 is 0 Å². The lowest BCUT2D eigenvalue weighted by atomic mass is 10.2. The maximum Gasteiger partial charge on any atom is 0.213 e. The van der Waals surface area contributed by atoms with E-state index in [-0.39, 0.29) is 24.0 Å². The van der Waals surface area contributed by atoms with Crippen molar-refractivity contribution in [3.8, 4) is 5.88 Å². The summed E-state index contributed by atoms with van der Waals surface area (Å²) in [6, 6.07) is 3.89. The lowest BCUT2D eigenvalue weighted by molar-refractivity contribution is 0.143. The second kappa shape index (κ2) is 15.8. The van der Waals surface area contributed by atoms with Crippen molar-refractivity contribution in [1.29, 1.82) is 0 Å². The molecule has 7 nitrogen and oxygen atoms in total. The fourth-order valence-corrected chi connectivity index (χ4v) is 3.11. The number of aromatic nitrogens is 1. The summed E-state index contributed by atoms with van der Waals surface area (Å²) in [5.74, 6) is 1.44. The van der Waals surface area contributed by atoms with Gasteiger partial charge in [0, 0.05) is 39.5 Å². The fourth-order valence-electron chi connectivity index (χ4n) is 3.11. The van der Waals surface area contributed by atoms with Gasteiger partial charge in [0.2, 0.25) is 5.88 Å². The van der Waals surface area contributed by atoms with Crippen LogP contribution in [0.15, 0.2) is 23.3 Å². The average molecular weight is 505 g/mol. The topological polar surface area (TPSA) is 71.0 Å². The van der Waals surface area contributed by atoms with Crippen molar-refractivity contribution in [3.05, 3.63) is 23.9 Å². The van der Waals surface area contributed by atoms with Crippen LogP contribution in [-0.4, -0.2) is 69.4 Å². The van der Waals surface area contributed by atoms with Crippen molar-refractivity contribution < 1.29 is 9.47 Å². The fraction of sp³-hybridized carbons (Fsp3) is 0.700. The number of hydrogen-bond donors (Lipinski definition) is 2. The highest BCUT2D eigenvalue weighted by molar-refractivity contribution is 14.0. The molecule has 0 atom stereocenters. The maximum absolute atomic E-state index is 5.47. The van der Waals surface area contributed by atoms with Crippen LogP contribution in [0.1, 0.15) is 37.7 Å². The van der Waals surface area contributed by atoms with Crippen LogP contribution in [0.5, 0.6) is 5.88 Å². The zero-order valence-corrected chi connectivity index (χ0v) is 19.6. The number of likely N-dealkylation sites (tertiary alicyclic amines) is 1. The summed E-state index contributed by atoms with van der Waals surface area (Å²) in [5.41, 5.74) is 1.08. The molecule has 0 saturated carbocycles. The number of nitrogens with zero attached hydrogens (tertiary/aromatic N) is 3. The van der Waals surface area contributed by atoms with E-state index in [0.29, 0.717) is 25.6 Å². The Bertz CT molecular complexity index is 534. The summed E-state index contributed by atoms with van der Waals surface area (Å²) < 4.78 is 10.4. The van der Waals surface area contributed by atoms with Crippen molar-refractivity contribution in [3.63, 3.8) is 0 Å². The maximum atomic E-state index is 5.47. The number of guanidine groups is 1. The lowest BCUT2D eigenvalue weighted by Crippen LogP contribution is -2.38. The smallest absolute Gasteiger partial charge is 0.213 e. The van der Waals surface area contributed by atoms with Gasteiger partial charge in [-0.2, -0.15) is 0 Å². The van der Waals surface area contributed by atoms with Gasteiger partial charge in [0.25, 0.3) is 0 Å². The number of hydrogen-bond acceptors (Lipinski definition) is 5. The minimum atomic E-state index is 0. The van der Waals surface area contributed by atoms with Gasteiger partial charge in [0.05, 0.1) is 6.61 Å². The monoisotopic (exact) mass is 505 g/mol. The van der Waals surface area contributed by atoms with E-state index in [0.717, 1.165) is 24.5 Å². The summed E-state index contributed by atoms with van der Waals surface area (Å²) in [6.07, 6.45) is 8.43. The SMILES string of the molecule is CN=C(NCCCN1CCCCCC1)NCc1ccc(OCCOC)nc1.I. The van der Waals surface area contributed by atoms with E-state index in [9.17, 15) is 0 Å². The number of rotatable bonds is 10. The van der Waals surface area contributed by atoms with E-state index >= 15 is 0 Å². The largest absolute Gasteiger partial charge is 0.475 e. The van der Waals surface area contributed by atoms with Crippen LogP contribution in [0.25, 0.3) is 0 Å². The predicted octanol–water partition coefficient (Wildman–Crippen LogP) is 2.66. The van der Waals surface area contributed by atoms with Gasteiger partial charge in [-0.1, -0.05) is 18.9 Å². The third-order valence-corrected chi connectivity index (χ3v) is 4.66. The summed E-state index contributed by atoms with van der Waals surface area (Å²) in [6.45, 7) is 6.35. The molecule has 1 aromatic heterocycles. The third kappa shape index (κ3) is 10.4. The Morgan fingerprint density at radius 1 is 1.14 bits per heavy atom. The molecule has 2 N–H and O–H groups in total. The molecule has 28 heavy (non-hydrogen) atoms. The molecule has 0 amide bonds. The van der Waals surface area contributed by atoms with Crippen LogP contribution in [-0.2, 0) is 11.3 Å². The van der Waals surface area contributed by atoms with Gasteiger partial charge in [0.15, 0.2) is 5.96 Å². The third-order valence-electron chi connectivity index (χ3n) is 4.66. The molecular weight excluding hydrogens is 469 g/mol. The molecule has 1 aromatic rings. The van der Waals surface area contributed by atoms with Crippen molar-refractivity contribution >= 4 is 29.9 Å². The molecule has 0 aliphatic carbocycles. The highest BCUT2D eigenvalue weighted by Crippen LogP contribution is 2.09. The molecule has 2 rings (SSSR count). The number of halogens is 1. The normalized spacial score (nSPS) is 15.4. The Kier molecular flexibility index (Phi) is 14.0. The van der Waals surface area contributed by atoms with E-state index in [1.54, 1.807) is 14.2 Å². The number of methoxy groups -OCH3 is 1. The first kappa shape index (κ1) is 24.9. The summed E-state index contributed by atoms with van der Waals surface area (Å²) >= 11 is 0. The Morgan fingerprint density at radius 3 is 2.57 bits per heavy atom. The highest BCUT2D eigenvalue weighted by Gasteiger charge is 2.08. The van der Waals surface area contributed by atoms with Crippen molar-refractivity contribution in [1.82, 2.24) is 20.5 Å². The van der Waals surface area contributed by atoms with Gasteiger partial charge in [0.1, 0.15) is 6.61 Å². The van der Waals surface area contributed by atoms with E-state index < -0.39 is 0 Å². The van der Waals surface area contributed by atoms with Crippen molar-refractivity contribution in [2.45, 2.75) is 38.6 Å². The molecule has 0 bridgehead atoms. The molecule has 1 fully saturated rings. The number of aliphatic imine (C=N–C) groups is 1. The van der Waals surface area contributed by atoms with Crippen LogP contribution in [0.2, 0.25) is 0 Å². The first-order valence-corrected chi connectivity index (χ1v) is 10.1. The molecule has 2 heterocycles. The van der Waals surface area contributed by atoms with Gasteiger partial charge in [-0.05, 0) is 44.5 Å². The Labute approximate surface area is 186 Å². The highest BCUT2D eigenvalue weighted by atomic mass is 127. The van der Waals surface area contributed by atoms with E-state index in [1.165, 1.54) is 45.3 Å². The zero-order chi connectivity index (χ0) is 19.2. The second-order valence-electron chi connectivity index (χ2n) is 6.81. The summed E-state index contributed by atoms with van der Waals surface area (Å²) in [7, 11) is 3.45. The van der Waals surface area contributed by atoms with Crippen LogP contribution < -0.4 is 15.4 Å². The summed E-state index contributed by atoms with van der Waals surface area (Å²) in [4.78, 5) is 11.2. The Hall–Kier alpha value is -1.13. The molecule has 160 valence electrons. The molecule has 0 unspecified atom stereocenters. The zero-order valence-electron chi connectivity index (χ0n) is 17.3. The first-order chi connectivity index (χ1) is 13.3. The number of nitrogens with one attached hydrogen (secondary N) is 2. The van der Waals surface area contributed by atoms with Crippen molar-refractivity contribution in [2.75, 3.05) is 53.6 Å². The standard InChI is InChI=1S/C20H35N5O2.HI/c1-21-20(22-10-7-13-25-11-5-3-4-6-12-25)24-17-18-8-9-19(23-16-18)27-15-14-26-2;/h8-9,16H,3-7,10-15,17H2,1-2H3,(H2,21,22,24);1H. The Morgan fingerprint density at radius 2 is 1.93 bits per heavy atom. The number of ether oxygens (including phenoxy) is 2. The van der Waals surface area contributed by atoms with Gasteiger partial charge < -0.3 is 25.0 Å². The first-order valence-electron chi connectivity index (χ1n) is 10.1. The average Bonchev–Trinajstić information content (AvgIpc) is 2.97. The van der Waals surface area contributed by atoms with Crippen LogP contribution in [0.4, 0.5) is 0 Å². The quantitative estimate of drug-likeness (QED) is 0.221. The minimum Gasteiger partial charge on any atom is -0.475 e. The van der Waals surface area contributed by atoms with Crippen LogP contribution >= 0.6 is 24.0 Å². The molecule has 1 aliphatic rings. The molecule has 0 radical (unpaired) electrons. The van der Waals surface area contributed by atoms with E-state index in [2.05, 4.69) is 25.5 Å². The van der Waals surface area contributed by atoms with Crippen LogP contribution in [0.3, 0.4) is 0 Å². The Balaban J connectivity index is 0.00000392. The van der Waals surface area contributed by atoms with E-state index in [1.807, 2.05) is 18.3 Å². The molecule has 1 aliphatic heterocycles. The van der Waals surface area contributed by atoms with Crippen molar-refractivity contribution in [2.24, 2.45) is 4.99 Å². The predicted molar refractivity (Wildman–Crippen MR) is 125 cm³/mol. The minimum absolute atomic E-state index is 0. The van der Waals surface area contributed by atoms with Crippen LogP contribution in [0, 0.1) is 0 Å². The van der Waals surface area contributed by atoms with Gasteiger partial charge in [-0.25, -0.2) is 4.98 Å². The van der Waals surface area contributed by atoms with Gasteiger partial charge in [-0.3, -0.25) is 4.99 Å². The summed E-state index contributed by atoms with van der Waals surface area (Å²) in [5, 5.41) is 6.72. The molecule has 1 saturated heterocycles. The molecule has 8 heteroatoms. The molecule has 0 spiro atoms. The number of pyridine rings is 1. The second-order valence-corrected chi connectivity index (χ2v) is 6.81. The molecule has 0 aromatic carbocycles. The van der Waals surface area contributed by atoms with E-state index in [4.69, 9.17) is 9.47 Å². The lowest BCUT2D eigenvalue weighted by Gasteiger charge is -2.20.